The number of sulfonamides is 1. The van der Waals surface area contributed by atoms with Gasteiger partial charge in [-0.3, -0.25) is 4.72 Å². The molecule has 21 heavy (non-hydrogen) atoms. The smallest absolute Gasteiger partial charge is 0.265 e. The Morgan fingerprint density at radius 3 is 2.48 bits per heavy atom. The molecule has 0 atom stereocenters. The highest BCUT2D eigenvalue weighted by Gasteiger charge is 2.19. The van der Waals surface area contributed by atoms with Gasteiger partial charge in [0.15, 0.2) is 0 Å². The maximum Gasteiger partial charge on any atom is 0.265 e. The molecule has 0 saturated carbocycles. The topological polar surface area (TPSA) is 104 Å². The van der Waals surface area contributed by atoms with Crippen molar-refractivity contribution in [3.05, 3.63) is 36.5 Å². The molecule has 8 heteroatoms. The summed E-state index contributed by atoms with van der Waals surface area (Å²) in [4.78, 5) is 3.93. The minimum atomic E-state index is -3.80. The molecule has 1 heterocycles. The maximum atomic E-state index is 12.4. The van der Waals surface area contributed by atoms with Crippen molar-refractivity contribution in [2.75, 3.05) is 24.7 Å². The summed E-state index contributed by atoms with van der Waals surface area (Å²) >= 11 is 0. The van der Waals surface area contributed by atoms with E-state index in [0.717, 1.165) is 0 Å². The number of pyridine rings is 1. The van der Waals surface area contributed by atoms with Crippen LogP contribution in [0.3, 0.4) is 0 Å². The van der Waals surface area contributed by atoms with E-state index < -0.39 is 10.0 Å². The number of anilines is 2. The molecule has 0 aliphatic rings. The van der Waals surface area contributed by atoms with Gasteiger partial charge in [-0.15, -0.1) is 0 Å². The summed E-state index contributed by atoms with van der Waals surface area (Å²) in [6.45, 7) is 0. The van der Waals surface area contributed by atoms with Crippen molar-refractivity contribution >= 4 is 21.4 Å². The van der Waals surface area contributed by atoms with E-state index in [9.17, 15) is 8.42 Å². The fourth-order valence-electron chi connectivity index (χ4n) is 1.68. The summed E-state index contributed by atoms with van der Waals surface area (Å²) in [6, 6.07) is 7.42. The molecule has 1 aromatic heterocycles. The number of nitrogen functional groups attached to an aromatic ring is 1. The highest BCUT2D eigenvalue weighted by molar-refractivity contribution is 7.92. The van der Waals surface area contributed by atoms with Crippen LogP contribution in [0.1, 0.15) is 0 Å². The Kier molecular flexibility index (Phi) is 4.18. The van der Waals surface area contributed by atoms with E-state index >= 15 is 0 Å². The molecule has 0 amide bonds. The minimum absolute atomic E-state index is 0.00461. The summed E-state index contributed by atoms with van der Waals surface area (Å²) < 4.78 is 37.1. The quantitative estimate of drug-likeness (QED) is 0.811. The molecule has 3 N–H and O–H groups in total. The third kappa shape index (κ3) is 3.34. The Bertz CT molecular complexity index is 730. The van der Waals surface area contributed by atoms with Crippen LogP contribution in [0, 0.1) is 0 Å². The Morgan fingerprint density at radius 2 is 1.90 bits per heavy atom. The van der Waals surface area contributed by atoms with Crippen LogP contribution in [0.5, 0.6) is 11.6 Å². The molecule has 0 saturated heterocycles. The van der Waals surface area contributed by atoms with Crippen molar-refractivity contribution in [2.45, 2.75) is 4.90 Å². The van der Waals surface area contributed by atoms with Gasteiger partial charge in [0.1, 0.15) is 10.6 Å². The van der Waals surface area contributed by atoms with Crippen molar-refractivity contribution in [2.24, 2.45) is 0 Å². The monoisotopic (exact) mass is 309 g/mol. The lowest BCUT2D eigenvalue weighted by atomic mass is 10.3. The zero-order valence-corrected chi connectivity index (χ0v) is 12.3. The predicted octanol–water partition coefficient (Wildman–Crippen LogP) is 1.48. The van der Waals surface area contributed by atoms with Crippen LogP contribution < -0.4 is 19.9 Å². The van der Waals surface area contributed by atoms with Gasteiger partial charge in [-0.2, -0.15) is 0 Å². The Balaban J connectivity index is 2.33. The number of ether oxygens (including phenoxy) is 2. The van der Waals surface area contributed by atoms with Gasteiger partial charge in [-0.25, -0.2) is 13.4 Å². The van der Waals surface area contributed by atoms with Crippen LogP contribution in [0.2, 0.25) is 0 Å². The first-order chi connectivity index (χ1) is 9.96. The third-order valence-electron chi connectivity index (χ3n) is 2.67. The van der Waals surface area contributed by atoms with Crippen molar-refractivity contribution in [1.82, 2.24) is 4.98 Å². The van der Waals surface area contributed by atoms with Crippen molar-refractivity contribution in [3.63, 3.8) is 0 Å². The molecule has 0 aliphatic carbocycles. The number of methoxy groups -OCH3 is 2. The van der Waals surface area contributed by atoms with Crippen LogP contribution in [0.15, 0.2) is 41.4 Å². The molecule has 2 aromatic rings. The lowest BCUT2D eigenvalue weighted by molar-refractivity contribution is 0.398. The fraction of sp³-hybridized carbons (Fsp3) is 0.154. The molecule has 2 rings (SSSR count). The number of aromatic nitrogens is 1. The minimum Gasteiger partial charge on any atom is -0.495 e. The van der Waals surface area contributed by atoms with Crippen LogP contribution in [0.25, 0.3) is 0 Å². The largest absolute Gasteiger partial charge is 0.495 e. The van der Waals surface area contributed by atoms with Crippen molar-refractivity contribution in [1.29, 1.82) is 0 Å². The van der Waals surface area contributed by atoms with E-state index in [1.54, 1.807) is 12.1 Å². The average molecular weight is 309 g/mol. The summed E-state index contributed by atoms with van der Waals surface area (Å²) in [5.41, 5.74) is 6.34. The molecule has 0 aliphatic heterocycles. The van der Waals surface area contributed by atoms with Gasteiger partial charge >= 0.3 is 0 Å². The molecule has 0 fully saturated rings. The summed E-state index contributed by atoms with van der Waals surface area (Å²) in [6.07, 6.45) is 1.36. The standard InChI is InChI=1S/C13H15N3O4S/c1-19-11-7-9(14)3-5-12(11)21(17,18)16-10-4-6-13(20-2)15-8-10/h3-8,16H,14H2,1-2H3. The normalized spacial score (nSPS) is 11.0. The highest BCUT2D eigenvalue weighted by atomic mass is 32.2. The Labute approximate surface area is 122 Å². The van der Waals surface area contributed by atoms with Crippen LogP contribution in [-0.4, -0.2) is 27.6 Å². The van der Waals surface area contributed by atoms with E-state index in [1.165, 1.54) is 38.6 Å². The molecule has 0 bridgehead atoms. The lowest BCUT2D eigenvalue weighted by Crippen LogP contribution is -2.14. The fourth-order valence-corrected chi connectivity index (χ4v) is 2.87. The number of nitrogens with two attached hydrogens (primary N) is 1. The number of benzene rings is 1. The van der Waals surface area contributed by atoms with E-state index in [4.69, 9.17) is 15.2 Å². The van der Waals surface area contributed by atoms with Crippen LogP contribution >= 0.6 is 0 Å². The third-order valence-corrected chi connectivity index (χ3v) is 4.10. The number of nitrogens with one attached hydrogen (secondary N) is 1. The number of nitrogens with zero attached hydrogens (tertiary/aromatic N) is 1. The van der Waals surface area contributed by atoms with Crippen molar-refractivity contribution < 1.29 is 17.9 Å². The number of rotatable bonds is 5. The Morgan fingerprint density at radius 1 is 1.14 bits per heavy atom. The zero-order chi connectivity index (χ0) is 15.5. The molecular formula is C13H15N3O4S. The maximum absolute atomic E-state index is 12.4. The molecule has 0 unspecified atom stereocenters. The molecule has 112 valence electrons. The van der Waals surface area contributed by atoms with Gasteiger partial charge in [-0.05, 0) is 18.2 Å². The summed E-state index contributed by atoms with van der Waals surface area (Å²) in [5, 5.41) is 0. The summed E-state index contributed by atoms with van der Waals surface area (Å²) in [5.74, 6) is 0.562. The second kappa shape index (κ2) is 5.88. The number of hydrogen-bond acceptors (Lipinski definition) is 6. The first kappa shape index (κ1) is 14.9. The van der Waals surface area contributed by atoms with Crippen molar-refractivity contribution in [3.8, 4) is 11.6 Å². The lowest BCUT2D eigenvalue weighted by Gasteiger charge is -2.12. The Hall–Kier alpha value is -2.48. The predicted molar refractivity (Wildman–Crippen MR) is 79.0 cm³/mol. The first-order valence-corrected chi connectivity index (χ1v) is 7.41. The van der Waals surface area contributed by atoms with E-state index in [2.05, 4.69) is 9.71 Å². The molecule has 0 radical (unpaired) electrons. The van der Waals surface area contributed by atoms with Gasteiger partial charge in [-0.1, -0.05) is 0 Å². The average Bonchev–Trinajstić information content (AvgIpc) is 2.47. The number of hydrogen-bond donors (Lipinski definition) is 2. The van der Waals surface area contributed by atoms with Gasteiger partial charge in [0.25, 0.3) is 10.0 Å². The second-order valence-electron chi connectivity index (χ2n) is 4.11. The van der Waals surface area contributed by atoms with E-state index in [0.29, 0.717) is 17.3 Å². The summed E-state index contributed by atoms with van der Waals surface area (Å²) in [7, 11) is -0.948. The van der Waals surface area contributed by atoms with Gasteiger partial charge in [0.05, 0.1) is 26.1 Å². The van der Waals surface area contributed by atoms with Gasteiger partial charge in [0, 0.05) is 17.8 Å². The van der Waals surface area contributed by atoms with Gasteiger partial charge in [0.2, 0.25) is 5.88 Å². The highest BCUT2D eigenvalue weighted by Crippen LogP contribution is 2.27. The molecule has 1 aromatic carbocycles. The molecular weight excluding hydrogens is 294 g/mol. The zero-order valence-electron chi connectivity index (χ0n) is 11.5. The van der Waals surface area contributed by atoms with Crippen LogP contribution in [-0.2, 0) is 10.0 Å². The molecule has 7 nitrogen and oxygen atoms in total. The van der Waals surface area contributed by atoms with E-state index in [1.807, 2.05) is 0 Å². The molecule has 0 spiro atoms. The second-order valence-corrected chi connectivity index (χ2v) is 5.76. The van der Waals surface area contributed by atoms with Crippen LogP contribution in [0.4, 0.5) is 11.4 Å². The van der Waals surface area contributed by atoms with Gasteiger partial charge < -0.3 is 15.2 Å². The first-order valence-electron chi connectivity index (χ1n) is 5.92. The SMILES string of the molecule is COc1ccc(NS(=O)(=O)c2ccc(N)cc2OC)cn1. The van der Waals surface area contributed by atoms with E-state index in [-0.39, 0.29) is 10.6 Å².